The summed E-state index contributed by atoms with van der Waals surface area (Å²) in [6, 6.07) is 1.65. The van der Waals surface area contributed by atoms with Crippen molar-refractivity contribution >= 4 is 0 Å². The molecule has 198 valence electrons. The molecule has 5 aliphatic heterocycles. The van der Waals surface area contributed by atoms with Crippen LogP contribution in [0.4, 0.5) is 0 Å². The van der Waals surface area contributed by atoms with Crippen LogP contribution in [0.1, 0.15) is 53.4 Å². The minimum absolute atomic E-state index is 0.490. The number of hydrogen-bond acceptors (Lipinski definition) is 7. The van der Waals surface area contributed by atoms with Crippen molar-refractivity contribution in [2.24, 2.45) is 5.92 Å². The van der Waals surface area contributed by atoms with Gasteiger partial charge in [-0.15, -0.1) is 0 Å². The summed E-state index contributed by atoms with van der Waals surface area (Å²) in [5.74, 6) is 1.08. The molecule has 0 amide bonds. The fourth-order valence-corrected chi connectivity index (χ4v) is 3.14. The van der Waals surface area contributed by atoms with Crippen LogP contribution in [-0.4, -0.2) is 126 Å². The molecule has 0 aromatic carbocycles. The predicted molar refractivity (Wildman–Crippen MR) is 139 cm³/mol. The number of epoxide rings is 1. The van der Waals surface area contributed by atoms with Crippen LogP contribution in [0.15, 0.2) is 0 Å². The van der Waals surface area contributed by atoms with E-state index in [1.165, 1.54) is 32.2 Å². The van der Waals surface area contributed by atoms with E-state index < -0.39 is 0 Å². The van der Waals surface area contributed by atoms with Gasteiger partial charge in [-0.2, -0.15) is 0 Å². The van der Waals surface area contributed by atoms with Crippen molar-refractivity contribution in [3.05, 3.63) is 0 Å². The monoisotopic (exact) mass is 472 g/mol. The third kappa shape index (κ3) is 20.8. The average molecular weight is 473 g/mol. The first-order chi connectivity index (χ1) is 15.6. The first-order valence-corrected chi connectivity index (χ1v) is 13.1. The Bertz CT molecular complexity index is 438. The molecule has 1 aliphatic carbocycles. The topological polar surface area (TPSA) is 52.5 Å². The Hall–Kier alpha value is -0.280. The van der Waals surface area contributed by atoms with Crippen molar-refractivity contribution in [1.29, 1.82) is 0 Å². The van der Waals surface area contributed by atoms with Crippen molar-refractivity contribution in [2.75, 3.05) is 81.2 Å². The van der Waals surface area contributed by atoms with E-state index >= 15 is 0 Å². The molecule has 7 nitrogen and oxygen atoms in total. The molecule has 7 heteroatoms. The van der Waals surface area contributed by atoms with Gasteiger partial charge in [0, 0.05) is 38.3 Å². The second kappa shape index (κ2) is 17.2. The molecule has 5 heterocycles. The van der Waals surface area contributed by atoms with Crippen LogP contribution in [0.25, 0.3) is 0 Å². The Kier molecular flexibility index (Phi) is 16.0. The lowest BCUT2D eigenvalue weighted by molar-refractivity contribution is -0.0174. The van der Waals surface area contributed by atoms with E-state index in [1.807, 2.05) is 26.0 Å². The summed E-state index contributed by atoms with van der Waals surface area (Å²) in [5, 5.41) is 3.42. The zero-order valence-corrected chi connectivity index (χ0v) is 23.3. The van der Waals surface area contributed by atoms with E-state index in [0.29, 0.717) is 18.3 Å². The van der Waals surface area contributed by atoms with E-state index in [4.69, 9.17) is 14.2 Å². The van der Waals surface area contributed by atoms with Gasteiger partial charge in [-0.25, -0.2) is 0 Å². The van der Waals surface area contributed by atoms with Crippen molar-refractivity contribution in [2.45, 2.75) is 83.8 Å². The standard InChI is InChI=1S/C7H13NO.C5H11NO.C4H9N.C4H8.C3H9N.C3H6O/c1-5-2-6-3-7(9-5)4-8-6;1-6-2-4-7-5-3-6;1-4-3-5(4)2;1-4-2-3-4;1-4(2)3;1-3-2-4-3/h5-8H,2-4H2,1H3;2-5H2,1H3;4H,3H2,1-2H3;4H,2-3H2,1H3;1-3H3;3H,2H2,1H3/t5?,6-,7+;;;;;/m1...../s1. The Labute approximate surface area is 205 Å². The number of nitrogens with one attached hydrogen (secondary N) is 1. The zero-order chi connectivity index (χ0) is 24.8. The van der Waals surface area contributed by atoms with Gasteiger partial charge >= 0.3 is 0 Å². The van der Waals surface area contributed by atoms with Crippen LogP contribution in [0.3, 0.4) is 0 Å². The highest BCUT2D eigenvalue weighted by Crippen LogP contribution is 2.26. The molecule has 0 spiro atoms. The summed E-state index contributed by atoms with van der Waals surface area (Å²) in [5.41, 5.74) is 0. The molecule has 6 aliphatic rings. The Morgan fingerprint density at radius 3 is 1.61 bits per heavy atom. The fourth-order valence-electron chi connectivity index (χ4n) is 3.14. The van der Waals surface area contributed by atoms with Gasteiger partial charge < -0.3 is 34.2 Å². The summed E-state index contributed by atoms with van der Waals surface area (Å²) in [6.45, 7) is 16.1. The molecule has 2 bridgehead atoms. The first kappa shape index (κ1) is 30.8. The van der Waals surface area contributed by atoms with Crippen molar-refractivity contribution in [1.82, 2.24) is 20.0 Å². The average Bonchev–Trinajstić information content (AvgIpc) is 3.69. The molecular weight excluding hydrogens is 416 g/mol. The molecule has 6 fully saturated rings. The Balaban J connectivity index is 0.000000205. The van der Waals surface area contributed by atoms with Gasteiger partial charge in [0.2, 0.25) is 0 Å². The lowest BCUT2D eigenvalue weighted by atomic mass is 10.0. The number of likely N-dealkylation sites (N-methyl/N-ethyl adjacent to an activating group) is 2. The summed E-state index contributed by atoms with van der Waals surface area (Å²) in [7, 11) is 10.2. The van der Waals surface area contributed by atoms with Gasteiger partial charge in [-0.05, 0) is 74.8 Å². The van der Waals surface area contributed by atoms with E-state index in [0.717, 1.165) is 57.5 Å². The Morgan fingerprint density at radius 1 is 0.879 bits per heavy atom. The summed E-state index contributed by atoms with van der Waals surface area (Å²) in [4.78, 5) is 6.56. The zero-order valence-electron chi connectivity index (χ0n) is 23.3. The molecule has 0 aromatic heterocycles. The molecule has 0 radical (unpaired) electrons. The maximum atomic E-state index is 5.61. The smallest absolute Gasteiger partial charge is 0.0781 e. The minimum Gasteiger partial charge on any atom is -0.379 e. The largest absolute Gasteiger partial charge is 0.379 e. The van der Waals surface area contributed by atoms with Crippen molar-refractivity contribution < 1.29 is 14.2 Å². The van der Waals surface area contributed by atoms with Gasteiger partial charge in [0.25, 0.3) is 0 Å². The second-order valence-corrected chi connectivity index (χ2v) is 11.0. The molecular formula is C26H56N4O3. The predicted octanol–water partition coefficient (Wildman–Crippen LogP) is 2.79. The van der Waals surface area contributed by atoms with E-state index in [9.17, 15) is 0 Å². The summed E-state index contributed by atoms with van der Waals surface area (Å²) >= 11 is 0. The van der Waals surface area contributed by atoms with Crippen LogP contribution >= 0.6 is 0 Å². The quantitative estimate of drug-likeness (QED) is 0.544. The molecule has 33 heavy (non-hydrogen) atoms. The number of hydrogen-bond donors (Lipinski definition) is 1. The maximum absolute atomic E-state index is 5.61. The van der Waals surface area contributed by atoms with Crippen LogP contribution in [0.5, 0.6) is 0 Å². The second-order valence-electron chi connectivity index (χ2n) is 11.0. The molecule has 6 rings (SSSR count). The third-order valence-corrected chi connectivity index (χ3v) is 5.99. The number of rotatable bonds is 0. The van der Waals surface area contributed by atoms with Crippen molar-refractivity contribution in [3.63, 3.8) is 0 Å². The molecule has 1 N–H and O–H groups in total. The van der Waals surface area contributed by atoms with Crippen LogP contribution in [0, 0.1) is 5.92 Å². The van der Waals surface area contributed by atoms with Crippen molar-refractivity contribution in [3.8, 4) is 0 Å². The van der Waals surface area contributed by atoms with Crippen LogP contribution in [0.2, 0.25) is 0 Å². The summed E-state index contributed by atoms with van der Waals surface area (Å²) < 4.78 is 15.4. The van der Waals surface area contributed by atoms with E-state index in [2.05, 4.69) is 56.9 Å². The number of ether oxygens (including phenoxy) is 3. The number of nitrogens with zero attached hydrogens (tertiary/aromatic N) is 3. The van der Waals surface area contributed by atoms with E-state index in [1.54, 1.807) is 0 Å². The fraction of sp³-hybridized carbons (Fsp3) is 1.00. The highest BCUT2D eigenvalue weighted by Gasteiger charge is 2.32. The Morgan fingerprint density at radius 2 is 1.33 bits per heavy atom. The molecule has 1 saturated carbocycles. The van der Waals surface area contributed by atoms with Gasteiger partial charge in [-0.1, -0.05) is 19.8 Å². The van der Waals surface area contributed by atoms with Crippen LogP contribution < -0.4 is 5.32 Å². The maximum Gasteiger partial charge on any atom is 0.0781 e. The van der Waals surface area contributed by atoms with Gasteiger partial charge in [0.1, 0.15) is 0 Å². The lowest BCUT2D eigenvalue weighted by Gasteiger charge is -2.24. The minimum atomic E-state index is 0.490. The summed E-state index contributed by atoms with van der Waals surface area (Å²) in [6.07, 6.45) is 7.02. The lowest BCUT2D eigenvalue weighted by Crippen LogP contribution is -2.32. The van der Waals surface area contributed by atoms with E-state index in [-0.39, 0.29) is 0 Å². The number of morpholine rings is 1. The highest BCUT2D eigenvalue weighted by molar-refractivity contribution is 4.88. The first-order valence-electron chi connectivity index (χ1n) is 13.1. The third-order valence-electron chi connectivity index (χ3n) is 5.99. The normalized spacial score (nSPS) is 35.5. The van der Waals surface area contributed by atoms with Gasteiger partial charge in [0.15, 0.2) is 0 Å². The molecule has 5 saturated heterocycles. The molecule has 4 unspecified atom stereocenters. The number of fused-ring (bicyclic) bond motifs is 2. The molecule has 0 aromatic rings. The highest BCUT2D eigenvalue weighted by atomic mass is 16.6. The van der Waals surface area contributed by atoms with Gasteiger partial charge in [0.05, 0.1) is 38.1 Å². The SMILES string of the molecule is CC1CC1.CC1CN1C.CC1CO1.CC1C[C@@H]2C[C@@H](CN2)O1.CN(C)C.CN1CCOCC1. The van der Waals surface area contributed by atoms with Crippen LogP contribution in [-0.2, 0) is 14.2 Å². The van der Waals surface area contributed by atoms with Gasteiger partial charge in [-0.3, -0.25) is 0 Å². The molecule has 6 atom stereocenters.